The van der Waals surface area contributed by atoms with Gasteiger partial charge in [-0.2, -0.15) is 0 Å². The molecule has 7 aromatic rings. The predicted molar refractivity (Wildman–Crippen MR) is 210 cm³/mol. The summed E-state index contributed by atoms with van der Waals surface area (Å²) in [5, 5.41) is 4.34. The molecular formula is C36H34S7Si. The average molecular weight is 719 g/mol. The van der Waals surface area contributed by atoms with Gasteiger partial charge >= 0.3 is 0 Å². The van der Waals surface area contributed by atoms with E-state index in [1.54, 1.807) is 9.00 Å². The van der Waals surface area contributed by atoms with Gasteiger partial charge in [-0.25, -0.2) is 0 Å². The zero-order chi connectivity index (χ0) is 29.9. The summed E-state index contributed by atoms with van der Waals surface area (Å²) in [5.74, 6) is 0. The van der Waals surface area contributed by atoms with Gasteiger partial charge in [0.1, 0.15) is 8.07 Å². The quantitative estimate of drug-likeness (QED) is 0.104. The lowest BCUT2D eigenvalue weighted by molar-refractivity contribution is 0.839. The smallest absolute Gasteiger partial charge is 0.143 e. The first-order valence-electron chi connectivity index (χ1n) is 15.3. The van der Waals surface area contributed by atoms with Crippen LogP contribution < -0.4 is 9.00 Å². The van der Waals surface area contributed by atoms with Gasteiger partial charge in [-0.1, -0.05) is 63.8 Å². The minimum absolute atomic E-state index is 1.26. The minimum atomic E-state index is -1.89. The van der Waals surface area contributed by atoms with Crippen molar-refractivity contribution >= 4 is 96.4 Å². The number of hydrogen-bond acceptors (Lipinski definition) is 7. The summed E-state index contributed by atoms with van der Waals surface area (Å²) in [6, 6.07) is 35.3. The van der Waals surface area contributed by atoms with E-state index in [0.29, 0.717) is 0 Å². The number of hydrogen-bond donors (Lipinski definition) is 0. The van der Waals surface area contributed by atoms with Gasteiger partial charge < -0.3 is 0 Å². The van der Waals surface area contributed by atoms with Crippen LogP contribution in [-0.4, -0.2) is 8.07 Å². The highest BCUT2D eigenvalue weighted by Crippen LogP contribution is 2.43. The zero-order valence-corrected chi connectivity index (χ0v) is 31.6. The Bertz CT molecular complexity index is 1900. The Morgan fingerprint density at radius 2 is 0.750 bits per heavy atom. The summed E-state index contributed by atoms with van der Waals surface area (Å²) in [7, 11) is -1.89. The number of unbranched alkanes of at least 4 members (excludes halogenated alkanes) is 2. The van der Waals surface area contributed by atoms with Gasteiger partial charge in [0.25, 0.3) is 0 Å². The molecule has 0 saturated carbocycles. The van der Waals surface area contributed by atoms with E-state index >= 15 is 0 Å². The van der Waals surface area contributed by atoms with Gasteiger partial charge in [0.05, 0.1) is 0 Å². The van der Waals surface area contributed by atoms with Crippen molar-refractivity contribution in [2.75, 3.05) is 0 Å². The van der Waals surface area contributed by atoms with Crippen molar-refractivity contribution < 1.29 is 0 Å². The molecule has 8 heteroatoms. The largest absolute Gasteiger partial charge is 0.144 e. The molecule has 0 aliphatic heterocycles. The normalized spacial score (nSPS) is 12.0. The van der Waals surface area contributed by atoms with E-state index < -0.39 is 8.07 Å². The molecule has 0 unspecified atom stereocenters. The Morgan fingerprint density at radius 3 is 1.09 bits per heavy atom. The van der Waals surface area contributed by atoms with Crippen molar-refractivity contribution in [2.45, 2.75) is 51.6 Å². The Balaban J connectivity index is 1.20. The molecule has 0 saturated heterocycles. The van der Waals surface area contributed by atoms with E-state index in [0.717, 1.165) is 0 Å². The van der Waals surface area contributed by atoms with Crippen molar-refractivity contribution in [3.63, 3.8) is 0 Å². The molecular weight excluding hydrogens is 685 g/mol. The molecule has 0 atom stereocenters. The van der Waals surface area contributed by atoms with Gasteiger partial charge in [0.2, 0.25) is 0 Å². The van der Waals surface area contributed by atoms with Crippen molar-refractivity contribution in [3.05, 3.63) is 95.7 Å². The Hall–Kier alpha value is -1.88. The fourth-order valence-electron chi connectivity index (χ4n) is 5.80. The maximum absolute atomic E-state index is 2.52. The third-order valence-electron chi connectivity index (χ3n) is 8.14. The van der Waals surface area contributed by atoms with Crippen LogP contribution in [-0.2, 0) is 0 Å². The van der Waals surface area contributed by atoms with Crippen LogP contribution in [0.2, 0.25) is 12.1 Å². The lowest BCUT2D eigenvalue weighted by Gasteiger charge is -2.30. The molecule has 44 heavy (non-hydrogen) atoms. The molecule has 0 radical (unpaired) electrons. The van der Waals surface area contributed by atoms with Crippen molar-refractivity contribution in [2.24, 2.45) is 0 Å². The lowest BCUT2D eigenvalue weighted by atomic mass is 10.3. The monoisotopic (exact) mass is 718 g/mol. The first kappa shape index (κ1) is 30.8. The predicted octanol–water partition coefficient (Wildman–Crippen LogP) is 13.6. The van der Waals surface area contributed by atoms with Gasteiger partial charge in [-0.15, -0.1) is 79.4 Å². The first-order valence-corrected chi connectivity index (χ1v) is 23.5. The van der Waals surface area contributed by atoms with Crippen molar-refractivity contribution in [3.8, 4) is 48.8 Å². The molecule has 0 spiro atoms. The second-order valence-corrected chi connectivity index (χ2v) is 23.3. The molecule has 0 aliphatic carbocycles. The maximum Gasteiger partial charge on any atom is 0.143 e. The van der Waals surface area contributed by atoms with E-state index in [2.05, 4.69) is 132 Å². The highest BCUT2D eigenvalue weighted by Gasteiger charge is 2.39. The SMILES string of the molecule is CCCC[Si](CCCC)(c1ccc(-c2ccc(-c3cccs3)s2)s1)c1ccc(-c2ccc(-c3ccc(-c4cccs4)s3)s2)s1. The Labute approximate surface area is 290 Å². The molecule has 0 aliphatic rings. The standard InChI is InChI=1S/C36H34S7Si/c1-3-5-23-44(24-6-4-2,35-19-17-33(42-35)31-14-12-28(40-31)26-10-8-22-38-26)36-20-18-34(43-36)32-16-15-30(41-32)29-13-11-27(39-29)25-9-7-21-37-25/h7-22H,3-6,23-24H2,1-2H3. The molecule has 224 valence electrons. The topological polar surface area (TPSA) is 0 Å². The summed E-state index contributed by atoms with van der Waals surface area (Å²) in [4.78, 5) is 13.9. The highest BCUT2D eigenvalue weighted by atomic mass is 32.1. The van der Waals surface area contributed by atoms with E-state index in [4.69, 9.17) is 0 Å². The molecule has 7 aromatic heterocycles. The van der Waals surface area contributed by atoms with Gasteiger partial charge in [-0.05, 0) is 92.5 Å². The van der Waals surface area contributed by atoms with Crippen LogP contribution in [0.5, 0.6) is 0 Å². The number of thiophene rings is 7. The first-order chi connectivity index (χ1) is 21.7. The molecule has 0 nitrogen and oxygen atoms in total. The van der Waals surface area contributed by atoms with Crippen LogP contribution in [0.1, 0.15) is 39.5 Å². The summed E-state index contributed by atoms with van der Waals surface area (Å²) in [6.07, 6.45) is 5.14. The van der Waals surface area contributed by atoms with Gasteiger partial charge in [0, 0.05) is 48.8 Å². The van der Waals surface area contributed by atoms with E-state index in [9.17, 15) is 0 Å². The summed E-state index contributed by atoms with van der Waals surface area (Å²) < 4.78 is 3.36. The molecule has 0 amide bonds. The molecule has 7 heterocycles. The summed E-state index contributed by atoms with van der Waals surface area (Å²) >= 11 is 13.7. The van der Waals surface area contributed by atoms with Crippen molar-refractivity contribution in [1.29, 1.82) is 0 Å². The van der Waals surface area contributed by atoms with Crippen LogP contribution in [0, 0.1) is 0 Å². The lowest BCUT2D eigenvalue weighted by Crippen LogP contribution is -2.55. The molecule has 0 N–H and O–H groups in total. The second kappa shape index (κ2) is 13.9. The average Bonchev–Trinajstić information content (AvgIpc) is 3.89. The molecule has 7 rings (SSSR count). The van der Waals surface area contributed by atoms with E-state index in [-0.39, 0.29) is 0 Å². The highest BCUT2D eigenvalue weighted by molar-refractivity contribution is 7.40. The van der Waals surface area contributed by atoms with E-state index in [1.165, 1.54) is 86.5 Å². The third-order valence-corrected chi connectivity index (χ3v) is 23.5. The van der Waals surface area contributed by atoms with Crippen molar-refractivity contribution in [1.82, 2.24) is 0 Å². The summed E-state index contributed by atoms with van der Waals surface area (Å²) in [5.41, 5.74) is 0. The van der Waals surface area contributed by atoms with Crippen LogP contribution in [0.4, 0.5) is 0 Å². The maximum atomic E-state index is 2.52. The number of rotatable bonds is 13. The fraction of sp³-hybridized carbons (Fsp3) is 0.222. The fourth-order valence-corrected chi connectivity index (χ4v) is 20.8. The second-order valence-electron chi connectivity index (χ2n) is 11.1. The van der Waals surface area contributed by atoms with Crippen LogP contribution in [0.3, 0.4) is 0 Å². The Morgan fingerprint density at radius 1 is 0.409 bits per heavy atom. The minimum Gasteiger partial charge on any atom is -0.144 e. The van der Waals surface area contributed by atoms with Crippen LogP contribution >= 0.6 is 79.4 Å². The summed E-state index contributed by atoms with van der Waals surface area (Å²) in [6.45, 7) is 4.72. The molecule has 0 bridgehead atoms. The third kappa shape index (κ3) is 6.25. The Kier molecular flexibility index (Phi) is 9.68. The van der Waals surface area contributed by atoms with Gasteiger partial charge in [-0.3, -0.25) is 0 Å². The van der Waals surface area contributed by atoms with Crippen LogP contribution in [0.15, 0.2) is 95.7 Å². The molecule has 0 fully saturated rings. The molecule has 0 aromatic carbocycles. The van der Waals surface area contributed by atoms with Crippen LogP contribution in [0.25, 0.3) is 48.8 Å². The van der Waals surface area contributed by atoms with Gasteiger partial charge in [0.15, 0.2) is 0 Å². The van der Waals surface area contributed by atoms with E-state index in [1.807, 2.05) is 56.7 Å². The zero-order valence-electron chi connectivity index (χ0n) is 24.8.